The van der Waals surface area contributed by atoms with Crippen molar-refractivity contribution in [3.63, 3.8) is 0 Å². The normalized spacial score (nSPS) is 14.5. The van der Waals surface area contributed by atoms with E-state index in [0.29, 0.717) is 0 Å². The molecule has 0 aliphatic rings. The molecule has 0 fully saturated rings. The van der Waals surface area contributed by atoms with Crippen LogP contribution in [-0.4, -0.2) is 34.0 Å². The van der Waals surface area contributed by atoms with E-state index in [0.717, 1.165) is 0 Å². The Bertz CT molecular complexity index is 141. The third-order valence-electron chi connectivity index (χ3n) is 1.68. The van der Waals surface area contributed by atoms with Gasteiger partial charge in [-0.2, -0.15) is 0 Å². The zero-order chi connectivity index (χ0) is 9.07. The summed E-state index contributed by atoms with van der Waals surface area (Å²) in [6.07, 6.45) is -1.32. The van der Waals surface area contributed by atoms with Gasteiger partial charge in [0.05, 0.1) is 19.1 Å². The van der Waals surface area contributed by atoms with Crippen LogP contribution < -0.4 is 0 Å². The summed E-state index contributed by atoms with van der Waals surface area (Å²) in [7, 11) is 0. The van der Waals surface area contributed by atoms with Gasteiger partial charge in [0.15, 0.2) is 0 Å². The lowest BCUT2D eigenvalue weighted by Gasteiger charge is -2.26. The molecule has 0 rings (SSSR count). The molecule has 3 N–H and O–H groups in total. The van der Waals surface area contributed by atoms with Gasteiger partial charge in [-0.25, -0.2) is 0 Å². The summed E-state index contributed by atoms with van der Waals surface area (Å²) >= 11 is 0. The first kappa shape index (κ1) is 10.4. The van der Waals surface area contributed by atoms with Crippen molar-refractivity contribution in [1.29, 1.82) is 0 Å². The second-order valence-electron chi connectivity index (χ2n) is 3.26. The van der Waals surface area contributed by atoms with Crippen molar-refractivity contribution >= 4 is 5.97 Å². The van der Waals surface area contributed by atoms with Gasteiger partial charge < -0.3 is 15.3 Å². The largest absolute Gasteiger partial charge is 0.481 e. The minimum Gasteiger partial charge on any atom is -0.481 e. The lowest BCUT2D eigenvalue weighted by Crippen LogP contribution is -2.34. The topological polar surface area (TPSA) is 77.8 Å². The van der Waals surface area contributed by atoms with Gasteiger partial charge in [0.1, 0.15) is 0 Å². The third kappa shape index (κ3) is 3.34. The van der Waals surface area contributed by atoms with E-state index in [1.54, 1.807) is 13.8 Å². The van der Waals surface area contributed by atoms with Crippen LogP contribution in [0.1, 0.15) is 20.3 Å². The van der Waals surface area contributed by atoms with Gasteiger partial charge in [0, 0.05) is 5.41 Å². The smallest absolute Gasteiger partial charge is 0.305 e. The third-order valence-corrected chi connectivity index (χ3v) is 1.68. The Balaban J connectivity index is 4.01. The molecule has 0 aliphatic carbocycles. The monoisotopic (exact) mass is 162 g/mol. The van der Waals surface area contributed by atoms with E-state index in [1.165, 1.54) is 0 Å². The van der Waals surface area contributed by atoms with Gasteiger partial charge in [-0.1, -0.05) is 13.8 Å². The van der Waals surface area contributed by atoms with Crippen molar-refractivity contribution in [3.05, 3.63) is 0 Å². The highest BCUT2D eigenvalue weighted by molar-refractivity contribution is 5.67. The van der Waals surface area contributed by atoms with Crippen LogP contribution in [0.2, 0.25) is 0 Å². The van der Waals surface area contributed by atoms with Gasteiger partial charge in [-0.15, -0.1) is 0 Å². The highest BCUT2D eigenvalue weighted by atomic mass is 16.4. The van der Waals surface area contributed by atoms with Crippen molar-refractivity contribution < 1.29 is 20.1 Å². The van der Waals surface area contributed by atoms with Crippen LogP contribution in [0.3, 0.4) is 0 Å². The Morgan fingerprint density at radius 2 is 2.00 bits per heavy atom. The summed E-state index contributed by atoms with van der Waals surface area (Å²) in [4.78, 5) is 10.1. The molecule has 1 atom stereocenters. The summed E-state index contributed by atoms with van der Waals surface area (Å²) in [6, 6.07) is 0. The Morgan fingerprint density at radius 3 is 2.27 bits per heavy atom. The summed E-state index contributed by atoms with van der Waals surface area (Å²) in [6.45, 7) is 3.00. The van der Waals surface area contributed by atoms with E-state index in [1.807, 2.05) is 0 Å². The van der Waals surface area contributed by atoms with E-state index >= 15 is 0 Å². The Kier molecular flexibility index (Phi) is 3.48. The summed E-state index contributed by atoms with van der Waals surface area (Å²) < 4.78 is 0. The molecule has 0 bridgehead atoms. The second-order valence-corrected chi connectivity index (χ2v) is 3.26. The number of aliphatic hydroxyl groups is 2. The van der Waals surface area contributed by atoms with Crippen LogP contribution in [-0.2, 0) is 4.79 Å². The molecule has 66 valence electrons. The SMILES string of the molecule is CC(C)(CO)[C@@H](O)CC(=O)O. The second kappa shape index (κ2) is 3.69. The number of hydrogen-bond acceptors (Lipinski definition) is 3. The molecule has 0 radical (unpaired) electrons. The number of aliphatic hydroxyl groups excluding tert-OH is 2. The predicted octanol–water partition coefficient (Wildman–Crippen LogP) is -0.160. The molecule has 0 saturated heterocycles. The molecule has 0 heterocycles. The number of rotatable bonds is 4. The van der Waals surface area contributed by atoms with E-state index in [9.17, 15) is 9.90 Å². The first-order chi connectivity index (χ1) is 4.90. The maximum atomic E-state index is 10.1. The molecule has 0 aromatic rings. The van der Waals surface area contributed by atoms with E-state index in [2.05, 4.69) is 0 Å². The van der Waals surface area contributed by atoms with Gasteiger partial charge in [-0.3, -0.25) is 4.79 Å². The highest BCUT2D eigenvalue weighted by Crippen LogP contribution is 2.21. The fraction of sp³-hybridized carbons (Fsp3) is 0.857. The Morgan fingerprint density at radius 1 is 1.55 bits per heavy atom. The summed E-state index contributed by atoms with van der Waals surface area (Å²) in [5, 5.41) is 26.2. The van der Waals surface area contributed by atoms with Crippen LogP contribution in [0.4, 0.5) is 0 Å². The maximum Gasteiger partial charge on any atom is 0.305 e. The van der Waals surface area contributed by atoms with Gasteiger partial charge in [0.25, 0.3) is 0 Å². The van der Waals surface area contributed by atoms with Crippen molar-refractivity contribution in [2.45, 2.75) is 26.4 Å². The zero-order valence-electron chi connectivity index (χ0n) is 6.74. The standard InChI is InChI=1S/C7H14O4/c1-7(2,4-8)5(9)3-6(10)11/h5,8-9H,3-4H2,1-2H3,(H,10,11)/t5-/m0/s1. The van der Waals surface area contributed by atoms with E-state index < -0.39 is 17.5 Å². The van der Waals surface area contributed by atoms with Crippen LogP contribution in [0.25, 0.3) is 0 Å². The number of carboxylic acids is 1. The van der Waals surface area contributed by atoms with Crippen molar-refractivity contribution in [1.82, 2.24) is 0 Å². The molecule has 0 unspecified atom stereocenters. The molecule has 4 heteroatoms. The number of carbonyl (C=O) groups is 1. The van der Waals surface area contributed by atoms with Gasteiger partial charge >= 0.3 is 5.97 Å². The highest BCUT2D eigenvalue weighted by Gasteiger charge is 2.28. The van der Waals surface area contributed by atoms with E-state index in [-0.39, 0.29) is 13.0 Å². The lowest BCUT2D eigenvalue weighted by atomic mass is 9.86. The first-order valence-electron chi connectivity index (χ1n) is 3.41. The Labute approximate surface area is 65.5 Å². The lowest BCUT2D eigenvalue weighted by molar-refractivity contribution is -0.141. The minimum atomic E-state index is -1.06. The number of hydrogen-bond donors (Lipinski definition) is 3. The van der Waals surface area contributed by atoms with Gasteiger partial charge in [0.2, 0.25) is 0 Å². The molecular formula is C7H14O4. The van der Waals surface area contributed by atoms with Crippen molar-refractivity contribution in [2.75, 3.05) is 6.61 Å². The quantitative estimate of drug-likeness (QED) is 0.536. The molecule has 11 heavy (non-hydrogen) atoms. The molecular weight excluding hydrogens is 148 g/mol. The number of carboxylic acid groups (broad SMARTS) is 1. The fourth-order valence-electron chi connectivity index (χ4n) is 0.547. The summed E-state index contributed by atoms with van der Waals surface area (Å²) in [5.41, 5.74) is -0.738. The molecule has 4 nitrogen and oxygen atoms in total. The molecule has 0 aliphatic heterocycles. The molecule has 0 aromatic carbocycles. The van der Waals surface area contributed by atoms with E-state index in [4.69, 9.17) is 10.2 Å². The van der Waals surface area contributed by atoms with Crippen molar-refractivity contribution in [2.24, 2.45) is 5.41 Å². The van der Waals surface area contributed by atoms with Crippen LogP contribution in [0, 0.1) is 5.41 Å². The first-order valence-corrected chi connectivity index (χ1v) is 3.41. The average Bonchev–Trinajstić information content (AvgIpc) is 1.86. The summed E-state index contributed by atoms with van der Waals surface area (Å²) in [5.74, 6) is -1.06. The zero-order valence-corrected chi connectivity index (χ0v) is 6.74. The van der Waals surface area contributed by atoms with Crippen LogP contribution >= 0.6 is 0 Å². The van der Waals surface area contributed by atoms with Crippen molar-refractivity contribution in [3.8, 4) is 0 Å². The Hall–Kier alpha value is -0.610. The maximum absolute atomic E-state index is 10.1. The molecule has 0 saturated carbocycles. The predicted molar refractivity (Wildman–Crippen MR) is 39.1 cm³/mol. The molecule has 0 amide bonds. The van der Waals surface area contributed by atoms with Crippen LogP contribution in [0.15, 0.2) is 0 Å². The molecule has 0 spiro atoms. The number of aliphatic carboxylic acids is 1. The van der Waals surface area contributed by atoms with Gasteiger partial charge in [-0.05, 0) is 0 Å². The fourth-order valence-corrected chi connectivity index (χ4v) is 0.547. The molecule has 0 aromatic heterocycles. The van der Waals surface area contributed by atoms with Crippen LogP contribution in [0.5, 0.6) is 0 Å². The minimum absolute atomic E-state index is 0.221. The average molecular weight is 162 g/mol.